The number of rotatable bonds is 14. The minimum absolute atomic E-state index is 0.232. The van der Waals surface area contributed by atoms with E-state index >= 15 is 0 Å². The van der Waals surface area contributed by atoms with Crippen molar-refractivity contribution in [1.82, 2.24) is 15.5 Å². The van der Waals surface area contributed by atoms with E-state index in [4.69, 9.17) is 4.74 Å². The zero-order valence-corrected chi connectivity index (χ0v) is 15.9. The molecule has 0 saturated heterocycles. The van der Waals surface area contributed by atoms with Crippen LogP contribution in [0.1, 0.15) is 19.3 Å². The first-order valence-corrected chi connectivity index (χ1v) is 8.41. The highest BCUT2D eigenvalue weighted by molar-refractivity contribution is 5.80. The molecule has 0 saturated carbocycles. The van der Waals surface area contributed by atoms with Gasteiger partial charge in [-0.15, -0.1) is 0 Å². The number of hydrogen-bond donors (Lipinski definition) is 3. The normalized spacial score (nSPS) is 13.2. The van der Waals surface area contributed by atoms with E-state index in [1.807, 2.05) is 0 Å². The molecule has 152 valence electrons. The van der Waals surface area contributed by atoms with Gasteiger partial charge in [0.1, 0.15) is 12.3 Å². The molecule has 0 aromatic rings. The molecular formula is C16H31N3O7. The zero-order chi connectivity index (χ0) is 19.9. The summed E-state index contributed by atoms with van der Waals surface area (Å²) in [6.07, 6.45) is 1.05. The van der Waals surface area contributed by atoms with Gasteiger partial charge in [-0.05, 0) is 26.4 Å². The molecular weight excluding hydrogens is 346 g/mol. The highest BCUT2D eigenvalue weighted by atomic mass is 16.5. The summed E-state index contributed by atoms with van der Waals surface area (Å²) in [5.41, 5.74) is 0. The molecule has 26 heavy (non-hydrogen) atoms. The lowest BCUT2D eigenvalue weighted by Crippen LogP contribution is -2.47. The molecule has 0 aromatic heterocycles. The Labute approximate surface area is 154 Å². The number of carbonyl (C=O) groups excluding carboxylic acids is 3. The van der Waals surface area contributed by atoms with Gasteiger partial charge in [0, 0.05) is 6.54 Å². The Balaban J connectivity index is 4.74. The van der Waals surface area contributed by atoms with E-state index < -0.39 is 30.2 Å². The molecule has 0 heterocycles. The van der Waals surface area contributed by atoms with E-state index in [9.17, 15) is 19.5 Å². The Bertz CT molecular complexity index is 416. The van der Waals surface area contributed by atoms with Gasteiger partial charge >= 0.3 is 17.9 Å². The molecule has 0 bridgehead atoms. The van der Waals surface area contributed by atoms with Crippen molar-refractivity contribution in [3.63, 3.8) is 0 Å². The van der Waals surface area contributed by atoms with E-state index in [1.54, 1.807) is 7.05 Å². The number of aliphatic hydroxyl groups excluding tert-OH is 1. The third-order valence-corrected chi connectivity index (χ3v) is 3.72. The summed E-state index contributed by atoms with van der Waals surface area (Å²) in [6.45, 7) is 0.524. The minimum Gasteiger partial charge on any atom is -0.468 e. The maximum absolute atomic E-state index is 12.1. The van der Waals surface area contributed by atoms with E-state index in [0.29, 0.717) is 32.4 Å². The van der Waals surface area contributed by atoms with Gasteiger partial charge in [0.2, 0.25) is 0 Å². The predicted molar refractivity (Wildman–Crippen MR) is 93.2 cm³/mol. The Morgan fingerprint density at radius 2 is 1.58 bits per heavy atom. The lowest BCUT2D eigenvalue weighted by molar-refractivity contribution is -0.153. The fraction of sp³-hybridized carbons (Fsp3) is 0.812. The quantitative estimate of drug-likeness (QED) is 0.142. The predicted octanol–water partition coefficient (Wildman–Crippen LogP) is -1.53. The molecule has 10 heteroatoms. The van der Waals surface area contributed by atoms with Crippen LogP contribution in [-0.4, -0.2) is 94.7 Å². The summed E-state index contributed by atoms with van der Waals surface area (Å²) in [7, 11) is 5.45. The van der Waals surface area contributed by atoms with Crippen LogP contribution < -0.4 is 10.6 Å². The molecule has 0 fully saturated rings. The fourth-order valence-corrected chi connectivity index (χ4v) is 2.32. The van der Waals surface area contributed by atoms with Crippen molar-refractivity contribution < 1.29 is 33.7 Å². The average Bonchev–Trinajstić information content (AvgIpc) is 2.63. The van der Waals surface area contributed by atoms with Gasteiger partial charge in [0.05, 0.1) is 34.4 Å². The molecule has 0 aliphatic heterocycles. The molecule has 0 rings (SSSR count). The number of esters is 3. The summed E-state index contributed by atoms with van der Waals surface area (Å²) >= 11 is 0. The van der Waals surface area contributed by atoms with E-state index in [0.717, 1.165) is 0 Å². The first-order valence-electron chi connectivity index (χ1n) is 8.41. The van der Waals surface area contributed by atoms with Crippen LogP contribution >= 0.6 is 0 Å². The molecule has 0 aliphatic carbocycles. The molecule has 0 amide bonds. The molecule has 10 nitrogen and oxygen atoms in total. The topological polar surface area (TPSA) is 126 Å². The van der Waals surface area contributed by atoms with Crippen molar-refractivity contribution in [2.75, 3.05) is 54.6 Å². The van der Waals surface area contributed by atoms with E-state index in [2.05, 4.69) is 20.1 Å². The van der Waals surface area contributed by atoms with Crippen molar-refractivity contribution in [2.24, 2.45) is 0 Å². The number of hydrogen-bond acceptors (Lipinski definition) is 10. The number of methoxy groups -OCH3 is 3. The Kier molecular flexibility index (Phi) is 13.5. The largest absolute Gasteiger partial charge is 0.468 e. The molecule has 2 atom stereocenters. The number of unbranched alkanes of at least 4 members (excludes halogenated alkanes) is 1. The van der Waals surface area contributed by atoms with Crippen LogP contribution in [0.4, 0.5) is 0 Å². The number of ether oxygens (including phenoxy) is 3. The Morgan fingerprint density at radius 1 is 1.00 bits per heavy atom. The standard InChI is InChI=1S/C16H31N3O7/c1-17-9-13(20)18-8-6-5-7-12(16(23)26-4)19(10-14(21)24-2)11-15(22)25-3/h12-13,17-18,20H,5-11H2,1-4H3. The van der Waals surface area contributed by atoms with Gasteiger partial charge in [-0.3, -0.25) is 24.6 Å². The zero-order valence-electron chi connectivity index (χ0n) is 15.9. The maximum atomic E-state index is 12.1. The van der Waals surface area contributed by atoms with Gasteiger partial charge in [-0.25, -0.2) is 0 Å². The number of nitrogens with zero attached hydrogens (tertiary/aromatic N) is 1. The Morgan fingerprint density at radius 3 is 2.04 bits per heavy atom. The van der Waals surface area contributed by atoms with Crippen LogP contribution in [0, 0.1) is 0 Å². The summed E-state index contributed by atoms with van der Waals surface area (Å²) in [4.78, 5) is 36.7. The summed E-state index contributed by atoms with van der Waals surface area (Å²) in [5, 5.41) is 15.3. The minimum atomic E-state index is -0.777. The van der Waals surface area contributed by atoms with Crippen molar-refractivity contribution >= 4 is 17.9 Å². The number of carbonyl (C=O) groups is 3. The molecule has 0 spiro atoms. The van der Waals surface area contributed by atoms with Crippen LogP contribution in [-0.2, 0) is 28.6 Å². The van der Waals surface area contributed by atoms with Gasteiger partial charge in [0.25, 0.3) is 0 Å². The highest BCUT2D eigenvalue weighted by Crippen LogP contribution is 2.11. The maximum Gasteiger partial charge on any atom is 0.323 e. The number of aliphatic hydroxyl groups is 1. The SMILES string of the molecule is CNCC(O)NCCCCC(C(=O)OC)N(CC(=O)OC)CC(=O)OC. The van der Waals surface area contributed by atoms with Crippen LogP contribution in [0.5, 0.6) is 0 Å². The van der Waals surface area contributed by atoms with Crippen LogP contribution in [0.15, 0.2) is 0 Å². The molecule has 2 unspecified atom stereocenters. The monoisotopic (exact) mass is 377 g/mol. The van der Waals surface area contributed by atoms with E-state index in [1.165, 1.54) is 26.2 Å². The van der Waals surface area contributed by atoms with Gasteiger partial charge in [0.15, 0.2) is 0 Å². The summed E-state index contributed by atoms with van der Waals surface area (Å²) in [5.74, 6) is -1.68. The van der Waals surface area contributed by atoms with Gasteiger partial charge < -0.3 is 24.6 Å². The summed E-state index contributed by atoms with van der Waals surface area (Å²) in [6, 6.07) is -0.777. The first-order chi connectivity index (χ1) is 12.4. The molecule has 0 aromatic carbocycles. The smallest absolute Gasteiger partial charge is 0.323 e. The second kappa shape index (κ2) is 14.4. The fourth-order valence-electron chi connectivity index (χ4n) is 2.32. The Hall–Kier alpha value is -1.75. The number of likely N-dealkylation sites (N-methyl/N-ethyl adjacent to an activating group) is 1. The van der Waals surface area contributed by atoms with Crippen LogP contribution in [0.2, 0.25) is 0 Å². The summed E-state index contributed by atoms with van der Waals surface area (Å²) < 4.78 is 14.0. The third kappa shape index (κ3) is 10.3. The molecule has 0 radical (unpaired) electrons. The third-order valence-electron chi connectivity index (χ3n) is 3.72. The van der Waals surface area contributed by atoms with Crippen LogP contribution in [0.3, 0.4) is 0 Å². The van der Waals surface area contributed by atoms with Crippen molar-refractivity contribution in [3.8, 4) is 0 Å². The lowest BCUT2D eigenvalue weighted by atomic mass is 10.1. The second-order valence-corrected chi connectivity index (χ2v) is 5.62. The van der Waals surface area contributed by atoms with Crippen molar-refractivity contribution in [2.45, 2.75) is 31.5 Å². The first kappa shape index (κ1) is 24.2. The highest BCUT2D eigenvalue weighted by Gasteiger charge is 2.30. The van der Waals surface area contributed by atoms with Crippen molar-refractivity contribution in [3.05, 3.63) is 0 Å². The molecule has 0 aliphatic rings. The lowest BCUT2D eigenvalue weighted by Gasteiger charge is -2.27. The van der Waals surface area contributed by atoms with Crippen molar-refractivity contribution in [1.29, 1.82) is 0 Å². The van der Waals surface area contributed by atoms with Gasteiger partial charge in [-0.2, -0.15) is 0 Å². The van der Waals surface area contributed by atoms with Gasteiger partial charge in [-0.1, -0.05) is 6.42 Å². The number of nitrogens with one attached hydrogen (secondary N) is 2. The molecule has 3 N–H and O–H groups in total. The average molecular weight is 377 g/mol. The van der Waals surface area contributed by atoms with Crippen LogP contribution in [0.25, 0.3) is 0 Å². The second-order valence-electron chi connectivity index (χ2n) is 5.62. The van der Waals surface area contributed by atoms with E-state index in [-0.39, 0.29) is 13.1 Å².